The largest absolute Gasteiger partial charge is 0.461 e. The van der Waals surface area contributed by atoms with Crippen LogP contribution < -0.4 is 0 Å². The summed E-state index contributed by atoms with van der Waals surface area (Å²) in [6.45, 7) is 4.67. The summed E-state index contributed by atoms with van der Waals surface area (Å²) in [4.78, 5) is 16.3. The summed E-state index contributed by atoms with van der Waals surface area (Å²) >= 11 is 1.60. The molecule has 2 aromatic rings. The lowest BCUT2D eigenvalue weighted by atomic mass is 10.2. The molecule has 0 amide bonds. The normalized spacial score (nSPS) is 14.5. The summed E-state index contributed by atoms with van der Waals surface area (Å²) in [5.74, 6) is 0.00133. The quantitative estimate of drug-likeness (QED) is 0.790. The van der Waals surface area contributed by atoms with Crippen LogP contribution in [0.5, 0.6) is 0 Å². The molecule has 1 saturated carbocycles. The van der Waals surface area contributed by atoms with Gasteiger partial charge in [0.05, 0.1) is 18.8 Å². The number of aryl methyl sites for hydroxylation is 1. The standard InChI is InChI=1S/C13H16N4O2S/c1-3-19-13(18)11-12(9-4-5-9)17(16-15-11)6-10-14-8(2)7-20-10/h7,9H,3-6H2,1-2H3. The molecule has 2 aromatic heterocycles. The van der Waals surface area contributed by atoms with E-state index in [2.05, 4.69) is 15.3 Å². The van der Waals surface area contributed by atoms with E-state index in [0.717, 1.165) is 29.2 Å². The van der Waals surface area contributed by atoms with E-state index in [9.17, 15) is 4.79 Å². The van der Waals surface area contributed by atoms with Gasteiger partial charge in [0.25, 0.3) is 0 Å². The van der Waals surface area contributed by atoms with Crippen LogP contribution in [-0.4, -0.2) is 32.6 Å². The van der Waals surface area contributed by atoms with Gasteiger partial charge in [-0.3, -0.25) is 0 Å². The second kappa shape index (κ2) is 5.32. The molecule has 0 atom stereocenters. The van der Waals surface area contributed by atoms with Crippen molar-refractivity contribution < 1.29 is 9.53 Å². The van der Waals surface area contributed by atoms with E-state index < -0.39 is 0 Å². The van der Waals surface area contributed by atoms with Gasteiger partial charge < -0.3 is 4.74 Å². The molecule has 7 heteroatoms. The summed E-state index contributed by atoms with van der Waals surface area (Å²) < 4.78 is 6.84. The van der Waals surface area contributed by atoms with Gasteiger partial charge >= 0.3 is 5.97 Å². The second-order valence-electron chi connectivity index (χ2n) is 4.86. The van der Waals surface area contributed by atoms with Crippen molar-refractivity contribution in [2.75, 3.05) is 6.61 Å². The number of hydrogen-bond donors (Lipinski definition) is 0. The van der Waals surface area contributed by atoms with Crippen LogP contribution in [-0.2, 0) is 11.3 Å². The minimum Gasteiger partial charge on any atom is -0.461 e. The maximum Gasteiger partial charge on any atom is 0.360 e. The van der Waals surface area contributed by atoms with Gasteiger partial charge in [0.1, 0.15) is 5.01 Å². The smallest absolute Gasteiger partial charge is 0.360 e. The first-order chi connectivity index (χ1) is 9.69. The Labute approximate surface area is 120 Å². The van der Waals surface area contributed by atoms with Gasteiger partial charge in [-0.1, -0.05) is 5.21 Å². The highest BCUT2D eigenvalue weighted by molar-refractivity contribution is 7.09. The monoisotopic (exact) mass is 292 g/mol. The van der Waals surface area contributed by atoms with Crippen molar-refractivity contribution in [2.45, 2.75) is 39.2 Å². The molecule has 0 N–H and O–H groups in total. The van der Waals surface area contributed by atoms with E-state index in [-0.39, 0.29) is 5.97 Å². The maximum absolute atomic E-state index is 11.9. The average Bonchev–Trinajstić information content (AvgIpc) is 3.05. The van der Waals surface area contributed by atoms with Crippen molar-refractivity contribution in [3.63, 3.8) is 0 Å². The molecular weight excluding hydrogens is 276 g/mol. The summed E-state index contributed by atoms with van der Waals surface area (Å²) in [6.07, 6.45) is 2.16. The highest BCUT2D eigenvalue weighted by atomic mass is 32.1. The van der Waals surface area contributed by atoms with E-state index >= 15 is 0 Å². The number of carbonyl (C=O) groups is 1. The Morgan fingerprint density at radius 2 is 2.35 bits per heavy atom. The molecule has 1 aliphatic carbocycles. The molecule has 0 radical (unpaired) electrons. The third-order valence-corrected chi connectivity index (χ3v) is 4.11. The minimum absolute atomic E-state index is 0.349. The van der Waals surface area contributed by atoms with Gasteiger partial charge in [0, 0.05) is 17.0 Å². The molecule has 6 nitrogen and oxygen atoms in total. The molecule has 2 heterocycles. The highest BCUT2D eigenvalue weighted by Gasteiger charge is 2.34. The van der Waals surface area contributed by atoms with Crippen LogP contribution >= 0.6 is 11.3 Å². The Morgan fingerprint density at radius 1 is 1.55 bits per heavy atom. The zero-order chi connectivity index (χ0) is 14.1. The van der Waals surface area contributed by atoms with Crippen molar-refractivity contribution in [1.82, 2.24) is 20.0 Å². The van der Waals surface area contributed by atoms with Crippen LogP contribution in [0.2, 0.25) is 0 Å². The van der Waals surface area contributed by atoms with Gasteiger partial charge in [0.15, 0.2) is 5.69 Å². The van der Waals surface area contributed by atoms with Crippen molar-refractivity contribution in [3.8, 4) is 0 Å². The van der Waals surface area contributed by atoms with Gasteiger partial charge in [0.2, 0.25) is 0 Å². The molecule has 1 fully saturated rings. The summed E-state index contributed by atoms with van der Waals surface area (Å²) in [6, 6.07) is 0. The third-order valence-electron chi connectivity index (χ3n) is 3.16. The van der Waals surface area contributed by atoms with Crippen molar-refractivity contribution in [1.29, 1.82) is 0 Å². The Morgan fingerprint density at radius 3 is 2.95 bits per heavy atom. The number of aromatic nitrogens is 4. The number of nitrogens with zero attached hydrogens (tertiary/aromatic N) is 4. The van der Waals surface area contributed by atoms with E-state index in [4.69, 9.17) is 4.74 Å². The molecule has 0 aromatic carbocycles. The number of hydrogen-bond acceptors (Lipinski definition) is 6. The van der Waals surface area contributed by atoms with Crippen LogP contribution in [0.4, 0.5) is 0 Å². The van der Waals surface area contributed by atoms with Gasteiger partial charge in [-0.05, 0) is 26.7 Å². The SMILES string of the molecule is CCOC(=O)c1nnn(Cc2nc(C)cs2)c1C1CC1. The molecule has 106 valence electrons. The zero-order valence-electron chi connectivity index (χ0n) is 11.5. The van der Waals surface area contributed by atoms with Gasteiger partial charge in [-0.25, -0.2) is 14.5 Å². The van der Waals surface area contributed by atoms with Gasteiger partial charge in [-0.15, -0.1) is 16.4 Å². The first-order valence-corrected chi connectivity index (χ1v) is 7.58. The first-order valence-electron chi connectivity index (χ1n) is 6.70. The third kappa shape index (κ3) is 2.58. The molecule has 3 rings (SSSR count). The lowest BCUT2D eigenvalue weighted by Crippen LogP contribution is -2.11. The number of thiazole rings is 1. The Kier molecular flexibility index (Phi) is 3.52. The number of ether oxygens (including phenoxy) is 1. The molecule has 0 unspecified atom stereocenters. The number of rotatable bonds is 5. The predicted octanol–water partition coefficient (Wildman–Crippen LogP) is 2.15. The van der Waals surface area contributed by atoms with Crippen molar-refractivity contribution >= 4 is 17.3 Å². The molecule has 0 bridgehead atoms. The summed E-state index contributed by atoms with van der Waals surface area (Å²) in [7, 11) is 0. The Bertz CT molecular complexity index is 630. The van der Waals surface area contributed by atoms with E-state index in [0.29, 0.717) is 24.8 Å². The van der Waals surface area contributed by atoms with Gasteiger partial charge in [-0.2, -0.15) is 0 Å². The number of esters is 1. The van der Waals surface area contributed by atoms with Crippen LogP contribution in [0, 0.1) is 6.92 Å². The molecule has 0 saturated heterocycles. The maximum atomic E-state index is 11.9. The molecule has 0 aliphatic heterocycles. The topological polar surface area (TPSA) is 69.9 Å². The minimum atomic E-state index is -0.379. The zero-order valence-corrected chi connectivity index (χ0v) is 12.3. The first kappa shape index (κ1) is 13.2. The van der Waals surface area contributed by atoms with Crippen LogP contribution in [0.1, 0.15) is 52.6 Å². The van der Waals surface area contributed by atoms with Crippen LogP contribution in [0.25, 0.3) is 0 Å². The lowest BCUT2D eigenvalue weighted by Gasteiger charge is -2.05. The molecule has 0 spiro atoms. The van der Waals surface area contributed by atoms with Crippen molar-refractivity contribution in [3.05, 3.63) is 27.5 Å². The van der Waals surface area contributed by atoms with Crippen LogP contribution in [0.3, 0.4) is 0 Å². The summed E-state index contributed by atoms with van der Waals surface area (Å²) in [5.41, 5.74) is 2.27. The van der Waals surface area contributed by atoms with E-state index in [1.165, 1.54) is 0 Å². The van der Waals surface area contributed by atoms with Crippen LogP contribution in [0.15, 0.2) is 5.38 Å². The molecule has 20 heavy (non-hydrogen) atoms. The summed E-state index contributed by atoms with van der Waals surface area (Å²) in [5, 5.41) is 11.1. The second-order valence-corrected chi connectivity index (χ2v) is 5.80. The fraction of sp³-hybridized carbons (Fsp3) is 0.538. The predicted molar refractivity (Wildman–Crippen MR) is 73.9 cm³/mol. The fourth-order valence-corrected chi connectivity index (χ4v) is 2.90. The average molecular weight is 292 g/mol. The van der Waals surface area contributed by atoms with Crippen molar-refractivity contribution in [2.24, 2.45) is 0 Å². The Hall–Kier alpha value is -1.76. The van der Waals surface area contributed by atoms with E-state index in [1.54, 1.807) is 22.9 Å². The highest BCUT2D eigenvalue weighted by Crippen LogP contribution is 2.41. The lowest BCUT2D eigenvalue weighted by molar-refractivity contribution is 0.0518. The molecule has 1 aliphatic rings. The fourth-order valence-electron chi connectivity index (χ4n) is 2.15. The van der Waals surface area contributed by atoms with E-state index in [1.807, 2.05) is 12.3 Å². The molecular formula is C13H16N4O2S. The Balaban J connectivity index is 1.89. The number of carbonyl (C=O) groups excluding carboxylic acids is 1.